The minimum atomic E-state index is 0.166. The summed E-state index contributed by atoms with van der Waals surface area (Å²) < 4.78 is 10.6. The molecule has 0 aliphatic heterocycles. The SMILES string of the molecule is COc1cc(-c2nc(N)c(C#N)[nH]2)c(OC)cc1C. The van der Waals surface area contributed by atoms with Crippen LogP contribution >= 0.6 is 0 Å². The molecule has 0 radical (unpaired) electrons. The van der Waals surface area contributed by atoms with E-state index >= 15 is 0 Å². The number of aromatic nitrogens is 2. The first-order chi connectivity index (χ1) is 9.10. The molecule has 3 N–H and O–H groups in total. The summed E-state index contributed by atoms with van der Waals surface area (Å²) in [7, 11) is 3.16. The number of hydrogen-bond donors (Lipinski definition) is 2. The standard InChI is InChI=1S/C13H14N4O2/c1-7-4-11(19-3)8(5-10(7)18-2)13-16-9(6-14)12(15)17-13/h4-5H,15H2,1-3H3,(H,16,17). The number of aryl methyl sites for hydroxylation is 1. The van der Waals surface area contributed by atoms with Crippen molar-refractivity contribution in [1.29, 1.82) is 5.26 Å². The van der Waals surface area contributed by atoms with Crippen LogP contribution in [0.3, 0.4) is 0 Å². The molecule has 0 fully saturated rings. The maximum absolute atomic E-state index is 8.89. The van der Waals surface area contributed by atoms with Crippen molar-refractivity contribution in [1.82, 2.24) is 9.97 Å². The van der Waals surface area contributed by atoms with Gasteiger partial charge in [-0.1, -0.05) is 0 Å². The molecule has 2 rings (SSSR count). The van der Waals surface area contributed by atoms with Gasteiger partial charge in [0, 0.05) is 0 Å². The lowest BCUT2D eigenvalue weighted by Gasteiger charge is -2.11. The smallest absolute Gasteiger partial charge is 0.161 e. The monoisotopic (exact) mass is 258 g/mol. The third kappa shape index (κ3) is 2.18. The summed E-state index contributed by atoms with van der Waals surface area (Å²) in [4.78, 5) is 6.99. The number of benzene rings is 1. The van der Waals surface area contributed by atoms with Crippen molar-refractivity contribution in [2.24, 2.45) is 0 Å². The van der Waals surface area contributed by atoms with Crippen molar-refractivity contribution in [3.63, 3.8) is 0 Å². The van der Waals surface area contributed by atoms with Crippen molar-refractivity contribution in [2.75, 3.05) is 20.0 Å². The van der Waals surface area contributed by atoms with Crippen LogP contribution in [0.2, 0.25) is 0 Å². The largest absolute Gasteiger partial charge is 0.496 e. The topological polar surface area (TPSA) is 97.0 Å². The quantitative estimate of drug-likeness (QED) is 0.875. The molecule has 2 aromatic rings. The van der Waals surface area contributed by atoms with E-state index in [-0.39, 0.29) is 11.5 Å². The number of imidazole rings is 1. The Hall–Kier alpha value is -2.68. The van der Waals surface area contributed by atoms with Crippen molar-refractivity contribution < 1.29 is 9.47 Å². The predicted octanol–water partition coefficient (Wildman–Crippen LogP) is 1.86. The van der Waals surface area contributed by atoms with Crippen LogP contribution in [0.15, 0.2) is 12.1 Å². The van der Waals surface area contributed by atoms with Crippen LogP contribution in [-0.4, -0.2) is 24.2 Å². The van der Waals surface area contributed by atoms with Crippen LogP contribution in [0.1, 0.15) is 11.3 Å². The molecule has 0 atom stereocenters. The number of H-pyrrole nitrogens is 1. The summed E-state index contributed by atoms with van der Waals surface area (Å²) in [5.74, 6) is 1.99. The zero-order valence-electron chi connectivity index (χ0n) is 10.9. The third-order valence-corrected chi connectivity index (χ3v) is 2.82. The van der Waals surface area contributed by atoms with Gasteiger partial charge >= 0.3 is 0 Å². The van der Waals surface area contributed by atoms with Gasteiger partial charge in [-0.25, -0.2) is 4.98 Å². The summed E-state index contributed by atoms with van der Waals surface area (Å²) in [6, 6.07) is 5.59. The molecule has 0 aliphatic rings. The molecule has 6 heteroatoms. The van der Waals surface area contributed by atoms with Gasteiger partial charge < -0.3 is 20.2 Å². The highest BCUT2D eigenvalue weighted by molar-refractivity contribution is 5.70. The summed E-state index contributed by atoms with van der Waals surface area (Å²) in [6.07, 6.45) is 0. The first-order valence-electron chi connectivity index (χ1n) is 5.59. The Balaban J connectivity index is 2.63. The highest BCUT2D eigenvalue weighted by atomic mass is 16.5. The van der Waals surface area contributed by atoms with E-state index in [1.54, 1.807) is 20.3 Å². The van der Waals surface area contributed by atoms with Gasteiger partial charge in [0.15, 0.2) is 11.5 Å². The summed E-state index contributed by atoms with van der Waals surface area (Å²) in [5.41, 5.74) is 7.52. The van der Waals surface area contributed by atoms with Gasteiger partial charge in [-0.2, -0.15) is 5.26 Å². The van der Waals surface area contributed by atoms with Gasteiger partial charge in [0.25, 0.3) is 0 Å². The molecular weight excluding hydrogens is 244 g/mol. The number of ether oxygens (including phenoxy) is 2. The van der Waals surface area contributed by atoms with Crippen molar-refractivity contribution in [3.05, 3.63) is 23.4 Å². The number of nitrogens with one attached hydrogen (secondary N) is 1. The molecule has 0 saturated heterocycles. The number of aromatic amines is 1. The number of nitrogens with zero attached hydrogens (tertiary/aromatic N) is 2. The number of methoxy groups -OCH3 is 2. The molecule has 1 heterocycles. The lowest BCUT2D eigenvalue weighted by atomic mass is 10.1. The molecule has 1 aromatic carbocycles. The minimum Gasteiger partial charge on any atom is -0.496 e. The highest BCUT2D eigenvalue weighted by Gasteiger charge is 2.15. The summed E-state index contributed by atoms with van der Waals surface area (Å²) >= 11 is 0. The van der Waals surface area contributed by atoms with E-state index in [0.29, 0.717) is 22.9 Å². The number of hydrogen-bond acceptors (Lipinski definition) is 5. The van der Waals surface area contributed by atoms with E-state index in [0.717, 1.165) is 5.56 Å². The Morgan fingerprint density at radius 3 is 2.47 bits per heavy atom. The average molecular weight is 258 g/mol. The zero-order valence-corrected chi connectivity index (χ0v) is 10.9. The predicted molar refractivity (Wildman–Crippen MR) is 71.0 cm³/mol. The highest BCUT2D eigenvalue weighted by Crippen LogP contribution is 2.35. The molecule has 19 heavy (non-hydrogen) atoms. The van der Waals surface area contributed by atoms with E-state index in [9.17, 15) is 0 Å². The zero-order chi connectivity index (χ0) is 14.0. The Morgan fingerprint density at radius 1 is 1.26 bits per heavy atom. The Kier molecular flexibility index (Phi) is 3.29. The van der Waals surface area contributed by atoms with Crippen LogP contribution in [-0.2, 0) is 0 Å². The van der Waals surface area contributed by atoms with E-state index in [2.05, 4.69) is 9.97 Å². The number of nitrogens with two attached hydrogens (primary N) is 1. The number of nitriles is 1. The summed E-state index contributed by atoms with van der Waals surface area (Å²) in [6.45, 7) is 1.92. The van der Waals surface area contributed by atoms with E-state index in [4.69, 9.17) is 20.5 Å². The number of anilines is 1. The number of nitrogen functional groups attached to an aromatic ring is 1. The molecular formula is C13H14N4O2. The molecule has 98 valence electrons. The number of rotatable bonds is 3. The van der Waals surface area contributed by atoms with Gasteiger partial charge in [0.2, 0.25) is 0 Å². The Labute approximate surface area is 110 Å². The maximum atomic E-state index is 8.89. The van der Waals surface area contributed by atoms with Gasteiger partial charge in [-0.15, -0.1) is 0 Å². The Bertz CT molecular complexity index is 655. The first kappa shape index (κ1) is 12.8. The summed E-state index contributed by atoms with van der Waals surface area (Å²) in [5, 5.41) is 8.89. The second-order valence-electron chi connectivity index (χ2n) is 3.98. The molecule has 0 spiro atoms. The Morgan fingerprint density at radius 2 is 1.95 bits per heavy atom. The fraction of sp³-hybridized carbons (Fsp3) is 0.231. The molecule has 6 nitrogen and oxygen atoms in total. The van der Waals surface area contributed by atoms with Gasteiger partial charge in [-0.05, 0) is 24.6 Å². The van der Waals surface area contributed by atoms with Crippen LogP contribution in [0.25, 0.3) is 11.4 Å². The lowest BCUT2D eigenvalue weighted by Crippen LogP contribution is -1.94. The maximum Gasteiger partial charge on any atom is 0.161 e. The molecule has 0 unspecified atom stereocenters. The van der Waals surface area contributed by atoms with Crippen LogP contribution < -0.4 is 15.2 Å². The van der Waals surface area contributed by atoms with E-state index in [1.165, 1.54) is 0 Å². The van der Waals surface area contributed by atoms with E-state index < -0.39 is 0 Å². The third-order valence-electron chi connectivity index (χ3n) is 2.82. The molecule has 0 bridgehead atoms. The molecule has 0 amide bonds. The molecule has 0 saturated carbocycles. The average Bonchev–Trinajstić information content (AvgIpc) is 2.79. The fourth-order valence-corrected chi connectivity index (χ4v) is 1.83. The van der Waals surface area contributed by atoms with Gasteiger partial charge in [0.1, 0.15) is 23.4 Å². The normalized spacial score (nSPS) is 10.0. The van der Waals surface area contributed by atoms with Crippen molar-refractivity contribution in [3.8, 4) is 29.0 Å². The fourth-order valence-electron chi connectivity index (χ4n) is 1.83. The minimum absolute atomic E-state index is 0.166. The first-order valence-corrected chi connectivity index (χ1v) is 5.59. The van der Waals surface area contributed by atoms with Gasteiger partial charge in [0.05, 0.1) is 19.8 Å². The van der Waals surface area contributed by atoms with Crippen molar-refractivity contribution >= 4 is 5.82 Å². The molecule has 1 aromatic heterocycles. The van der Waals surface area contributed by atoms with Gasteiger partial charge in [-0.3, -0.25) is 0 Å². The second kappa shape index (κ2) is 4.90. The van der Waals surface area contributed by atoms with Crippen LogP contribution in [0, 0.1) is 18.3 Å². The van der Waals surface area contributed by atoms with Crippen molar-refractivity contribution in [2.45, 2.75) is 6.92 Å². The van der Waals surface area contributed by atoms with Crippen LogP contribution in [0.5, 0.6) is 11.5 Å². The lowest BCUT2D eigenvalue weighted by molar-refractivity contribution is 0.401. The molecule has 0 aliphatic carbocycles. The van der Waals surface area contributed by atoms with Crippen LogP contribution in [0.4, 0.5) is 5.82 Å². The van der Waals surface area contributed by atoms with E-state index in [1.807, 2.05) is 19.1 Å². The second-order valence-corrected chi connectivity index (χ2v) is 3.98.